The highest BCUT2D eigenvalue weighted by atomic mass is 16.6. The lowest BCUT2D eigenvalue weighted by Gasteiger charge is -2.17. The van der Waals surface area contributed by atoms with Crippen LogP contribution in [0.15, 0.2) is 24.3 Å². The summed E-state index contributed by atoms with van der Waals surface area (Å²) < 4.78 is 4.85. The number of hydrogen-bond donors (Lipinski definition) is 1. The zero-order valence-electron chi connectivity index (χ0n) is 10.6. The molecule has 0 bridgehead atoms. The van der Waals surface area contributed by atoms with Gasteiger partial charge < -0.3 is 10.1 Å². The average Bonchev–Trinajstić information content (AvgIpc) is 2.34. The van der Waals surface area contributed by atoms with Gasteiger partial charge in [0.25, 0.3) is 5.69 Å². The summed E-state index contributed by atoms with van der Waals surface area (Å²) in [7, 11) is 0. The van der Waals surface area contributed by atoms with Gasteiger partial charge in [0.05, 0.1) is 11.0 Å². The summed E-state index contributed by atoms with van der Waals surface area (Å²) in [5.74, 6) is -0.743. The van der Waals surface area contributed by atoms with E-state index >= 15 is 0 Å². The zero-order valence-corrected chi connectivity index (χ0v) is 10.6. The molecule has 0 aliphatic carbocycles. The zero-order chi connectivity index (χ0) is 14.4. The number of non-ortho nitro benzene ring substituents is 1. The van der Waals surface area contributed by atoms with Gasteiger partial charge in [-0.2, -0.15) is 0 Å². The standard InChI is InChI=1S/C12H14N2O5/c1-8(15)13-12(7-19-9(2)16)10-3-5-11(6-4-10)14(17)18/h3-6,12H,7H2,1-2H3,(H,13,15). The number of carbonyl (C=O) groups excluding carboxylic acids is 2. The molecule has 1 aromatic rings. The first kappa shape index (κ1) is 14.6. The maximum absolute atomic E-state index is 11.1. The Labute approximate surface area is 109 Å². The molecule has 7 nitrogen and oxygen atoms in total. The van der Waals surface area contributed by atoms with Crippen LogP contribution in [0.5, 0.6) is 0 Å². The topological polar surface area (TPSA) is 98.5 Å². The highest BCUT2D eigenvalue weighted by Crippen LogP contribution is 2.18. The molecular weight excluding hydrogens is 252 g/mol. The lowest BCUT2D eigenvalue weighted by atomic mass is 10.1. The van der Waals surface area contributed by atoms with Crippen LogP contribution in [-0.4, -0.2) is 23.4 Å². The van der Waals surface area contributed by atoms with Crippen molar-refractivity contribution in [2.45, 2.75) is 19.9 Å². The smallest absolute Gasteiger partial charge is 0.302 e. The van der Waals surface area contributed by atoms with E-state index in [0.29, 0.717) is 5.56 Å². The molecule has 1 atom stereocenters. The maximum atomic E-state index is 11.1. The van der Waals surface area contributed by atoms with Gasteiger partial charge in [0, 0.05) is 26.0 Å². The van der Waals surface area contributed by atoms with E-state index < -0.39 is 16.9 Å². The van der Waals surface area contributed by atoms with E-state index in [2.05, 4.69) is 5.32 Å². The first-order valence-electron chi connectivity index (χ1n) is 5.55. The van der Waals surface area contributed by atoms with E-state index in [1.807, 2.05) is 0 Å². The predicted molar refractivity (Wildman–Crippen MR) is 66.3 cm³/mol. The number of ether oxygens (including phenoxy) is 1. The molecule has 1 unspecified atom stereocenters. The molecular formula is C12H14N2O5. The summed E-state index contributed by atoms with van der Waals surface area (Å²) >= 11 is 0. The van der Waals surface area contributed by atoms with E-state index in [1.165, 1.54) is 38.1 Å². The number of nitrogens with one attached hydrogen (secondary N) is 1. The number of benzene rings is 1. The van der Waals surface area contributed by atoms with Crippen LogP contribution < -0.4 is 5.32 Å². The van der Waals surface area contributed by atoms with Crippen molar-refractivity contribution >= 4 is 17.6 Å². The lowest BCUT2D eigenvalue weighted by Crippen LogP contribution is -2.30. The van der Waals surface area contributed by atoms with Gasteiger partial charge in [0.2, 0.25) is 5.91 Å². The monoisotopic (exact) mass is 266 g/mol. The summed E-state index contributed by atoms with van der Waals surface area (Å²) in [6.07, 6.45) is 0. The van der Waals surface area contributed by atoms with Crippen molar-refractivity contribution < 1.29 is 19.2 Å². The van der Waals surface area contributed by atoms with Crippen LogP contribution >= 0.6 is 0 Å². The van der Waals surface area contributed by atoms with E-state index in [0.717, 1.165) is 0 Å². The van der Waals surface area contributed by atoms with Crippen LogP contribution in [0.3, 0.4) is 0 Å². The van der Waals surface area contributed by atoms with Crippen LogP contribution in [0.1, 0.15) is 25.5 Å². The molecule has 19 heavy (non-hydrogen) atoms. The van der Waals surface area contributed by atoms with E-state index in [-0.39, 0.29) is 18.2 Å². The second kappa shape index (κ2) is 6.48. The lowest BCUT2D eigenvalue weighted by molar-refractivity contribution is -0.384. The highest BCUT2D eigenvalue weighted by Gasteiger charge is 2.15. The van der Waals surface area contributed by atoms with Gasteiger partial charge in [-0.05, 0) is 5.56 Å². The first-order valence-corrected chi connectivity index (χ1v) is 5.55. The number of nitro benzene ring substituents is 1. The Bertz CT molecular complexity index is 483. The van der Waals surface area contributed by atoms with Crippen molar-refractivity contribution in [2.24, 2.45) is 0 Å². The summed E-state index contributed by atoms with van der Waals surface area (Å²) in [6.45, 7) is 2.58. The van der Waals surface area contributed by atoms with Gasteiger partial charge in [-0.15, -0.1) is 0 Å². The second-order valence-electron chi connectivity index (χ2n) is 3.90. The van der Waals surface area contributed by atoms with E-state index in [9.17, 15) is 19.7 Å². The summed E-state index contributed by atoms with van der Waals surface area (Å²) in [6, 6.07) is 5.17. The minimum atomic E-state index is -0.526. The number of amides is 1. The molecule has 1 amide bonds. The number of carbonyl (C=O) groups is 2. The van der Waals surface area contributed by atoms with Crippen LogP contribution in [0.4, 0.5) is 5.69 Å². The summed E-state index contributed by atoms with van der Waals surface area (Å²) in [5, 5.41) is 13.2. The van der Waals surface area contributed by atoms with E-state index in [4.69, 9.17) is 4.74 Å². The van der Waals surface area contributed by atoms with Crippen molar-refractivity contribution in [3.63, 3.8) is 0 Å². The van der Waals surface area contributed by atoms with Crippen molar-refractivity contribution in [3.05, 3.63) is 39.9 Å². The van der Waals surface area contributed by atoms with Gasteiger partial charge in [-0.3, -0.25) is 19.7 Å². The van der Waals surface area contributed by atoms with Crippen LogP contribution in [0.2, 0.25) is 0 Å². The Morgan fingerprint density at radius 1 is 1.32 bits per heavy atom. The predicted octanol–water partition coefficient (Wildman–Crippen LogP) is 1.34. The summed E-state index contributed by atoms with van der Waals surface area (Å²) in [4.78, 5) is 31.9. The molecule has 0 aliphatic rings. The van der Waals surface area contributed by atoms with E-state index in [1.54, 1.807) is 0 Å². The normalized spacial score (nSPS) is 11.5. The molecule has 0 saturated heterocycles. The molecule has 0 aliphatic heterocycles. The average molecular weight is 266 g/mol. The molecule has 0 radical (unpaired) electrons. The third kappa shape index (κ3) is 4.74. The maximum Gasteiger partial charge on any atom is 0.302 e. The number of rotatable bonds is 5. The minimum Gasteiger partial charge on any atom is -0.463 e. The molecule has 1 aromatic carbocycles. The molecule has 0 aromatic heterocycles. The molecule has 1 N–H and O–H groups in total. The third-order valence-electron chi connectivity index (χ3n) is 2.34. The molecule has 0 heterocycles. The largest absolute Gasteiger partial charge is 0.463 e. The van der Waals surface area contributed by atoms with Gasteiger partial charge in [-0.25, -0.2) is 0 Å². The second-order valence-corrected chi connectivity index (χ2v) is 3.90. The van der Waals surface area contributed by atoms with Gasteiger partial charge >= 0.3 is 5.97 Å². The number of hydrogen-bond acceptors (Lipinski definition) is 5. The van der Waals surface area contributed by atoms with Crippen molar-refractivity contribution in [1.82, 2.24) is 5.32 Å². The van der Waals surface area contributed by atoms with Crippen molar-refractivity contribution in [3.8, 4) is 0 Å². The number of nitro groups is 1. The van der Waals surface area contributed by atoms with Crippen molar-refractivity contribution in [1.29, 1.82) is 0 Å². The van der Waals surface area contributed by atoms with Crippen LogP contribution in [-0.2, 0) is 14.3 Å². The first-order chi connectivity index (χ1) is 8.90. The van der Waals surface area contributed by atoms with Gasteiger partial charge in [-0.1, -0.05) is 12.1 Å². The minimum absolute atomic E-state index is 0.0211. The molecule has 1 rings (SSSR count). The third-order valence-corrected chi connectivity index (χ3v) is 2.34. The fraction of sp³-hybridized carbons (Fsp3) is 0.333. The number of esters is 1. The van der Waals surface area contributed by atoms with Gasteiger partial charge in [0.15, 0.2) is 0 Å². The quantitative estimate of drug-likeness (QED) is 0.492. The molecule has 0 fully saturated rings. The Balaban J connectivity index is 2.86. The van der Waals surface area contributed by atoms with Crippen LogP contribution in [0.25, 0.3) is 0 Å². The van der Waals surface area contributed by atoms with Crippen LogP contribution in [0, 0.1) is 10.1 Å². The molecule has 7 heteroatoms. The molecule has 102 valence electrons. The Kier molecular flexibility index (Phi) is 4.99. The fourth-order valence-electron chi connectivity index (χ4n) is 1.50. The Hall–Kier alpha value is -2.44. The van der Waals surface area contributed by atoms with Crippen molar-refractivity contribution in [2.75, 3.05) is 6.61 Å². The number of nitrogens with zero attached hydrogens (tertiary/aromatic N) is 1. The molecule has 0 spiro atoms. The Morgan fingerprint density at radius 2 is 1.89 bits per heavy atom. The fourth-order valence-corrected chi connectivity index (χ4v) is 1.50. The SMILES string of the molecule is CC(=O)NC(COC(C)=O)c1ccc([N+](=O)[O-])cc1. The molecule has 0 saturated carbocycles. The highest BCUT2D eigenvalue weighted by molar-refractivity contribution is 5.73. The Morgan fingerprint density at radius 3 is 2.32 bits per heavy atom. The summed E-state index contributed by atoms with van der Waals surface area (Å²) in [5.41, 5.74) is 0.583. The van der Waals surface area contributed by atoms with Gasteiger partial charge in [0.1, 0.15) is 6.61 Å².